The van der Waals surface area contributed by atoms with Crippen molar-refractivity contribution in [3.05, 3.63) is 82.1 Å². The monoisotopic (exact) mass is 415 g/mol. The van der Waals surface area contributed by atoms with Crippen LogP contribution in [0.5, 0.6) is 0 Å². The first kappa shape index (κ1) is 19.1. The number of nitro benzene ring substituents is 1. The lowest BCUT2D eigenvalue weighted by Gasteiger charge is -2.35. The zero-order valence-corrected chi connectivity index (χ0v) is 17.1. The number of carbonyl (C=O) groups is 1. The lowest BCUT2D eigenvalue weighted by Crippen LogP contribution is -2.48. The van der Waals surface area contributed by atoms with Crippen LogP contribution >= 0.6 is 0 Å². The molecule has 0 spiro atoms. The van der Waals surface area contributed by atoms with Crippen LogP contribution in [0.25, 0.3) is 21.7 Å². The second-order valence-electron chi connectivity index (χ2n) is 7.77. The fourth-order valence-electron chi connectivity index (χ4n) is 4.25. The van der Waals surface area contributed by atoms with Gasteiger partial charge in [0.05, 0.1) is 4.92 Å². The van der Waals surface area contributed by atoms with Gasteiger partial charge < -0.3 is 14.2 Å². The zero-order valence-electron chi connectivity index (χ0n) is 17.1. The number of nitro groups is 1. The van der Waals surface area contributed by atoms with Gasteiger partial charge in [0.1, 0.15) is 5.58 Å². The largest absolute Gasteiger partial charge is 0.450 e. The lowest BCUT2D eigenvalue weighted by atomic mass is 10.1. The van der Waals surface area contributed by atoms with Crippen LogP contribution in [0.3, 0.4) is 0 Å². The number of anilines is 1. The fourth-order valence-corrected chi connectivity index (χ4v) is 4.25. The summed E-state index contributed by atoms with van der Waals surface area (Å²) < 4.78 is 6.11. The van der Waals surface area contributed by atoms with Crippen LogP contribution in [0.2, 0.25) is 0 Å². The molecule has 0 N–H and O–H groups in total. The molecule has 2 heterocycles. The van der Waals surface area contributed by atoms with Crippen molar-refractivity contribution in [2.45, 2.75) is 6.92 Å². The van der Waals surface area contributed by atoms with Crippen LogP contribution in [-0.2, 0) is 0 Å². The average molecular weight is 415 g/mol. The van der Waals surface area contributed by atoms with Crippen LogP contribution in [0.15, 0.2) is 65.1 Å². The van der Waals surface area contributed by atoms with E-state index in [9.17, 15) is 14.9 Å². The first-order valence-electron chi connectivity index (χ1n) is 10.2. The van der Waals surface area contributed by atoms with E-state index in [2.05, 4.69) is 11.0 Å². The third-order valence-electron chi connectivity index (χ3n) is 6.02. The van der Waals surface area contributed by atoms with Crippen molar-refractivity contribution in [1.82, 2.24) is 4.90 Å². The maximum absolute atomic E-state index is 13.2. The molecule has 0 radical (unpaired) electrons. The summed E-state index contributed by atoms with van der Waals surface area (Å²) >= 11 is 0. The molecule has 1 aromatic heterocycles. The van der Waals surface area contributed by atoms with Gasteiger partial charge in [-0.15, -0.1) is 0 Å². The van der Waals surface area contributed by atoms with Crippen molar-refractivity contribution in [3.8, 4) is 0 Å². The summed E-state index contributed by atoms with van der Waals surface area (Å²) in [5, 5.41) is 13.9. The van der Waals surface area contributed by atoms with Crippen LogP contribution in [-0.4, -0.2) is 41.9 Å². The van der Waals surface area contributed by atoms with E-state index in [1.165, 1.54) is 12.1 Å². The lowest BCUT2D eigenvalue weighted by molar-refractivity contribution is -0.384. The van der Waals surface area contributed by atoms with E-state index in [1.807, 2.05) is 42.2 Å². The Morgan fingerprint density at radius 1 is 0.935 bits per heavy atom. The van der Waals surface area contributed by atoms with Crippen LogP contribution < -0.4 is 4.90 Å². The number of nitrogens with zero attached hydrogens (tertiary/aromatic N) is 3. The van der Waals surface area contributed by atoms with Gasteiger partial charge in [-0.05, 0) is 24.4 Å². The molecule has 1 amide bonds. The fraction of sp³-hybridized carbons (Fsp3) is 0.208. The Labute approximate surface area is 178 Å². The van der Waals surface area contributed by atoms with E-state index < -0.39 is 4.92 Å². The molecular weight excluding hydrogens is 394 g/mol. The molecule has 4 aromatic rings. The van der Waals surface area contributed by atoms with Crippen molar-refractivity contribution in [1.29, 1.82) is 0 Å². The van der Waals surface area contributed by atoms with Crippen LogP contribution in [0, 0.1) is 17.0 Å². The van der Waals surface area contributed by atoms with Crippen molar-refractivity contribution in [2.24, 2.45) is 0 Å². The molecule has 0 saturated carbocycles. The maximum Gasteiger partial charge on any atom is 0.290 e. The molecule has 0 aliphatic carbocycles. The third kappa shape index (κ3) is 3.28. The maximum atomic E-state index is 13.2. The van der Waals surface area contributed by atoms with Gasteiger partial charge in [0.25, 0.3) is 11.6 Å². The molecule has 0 unspecified atom stereocenters. The SMILES string of the molecule is Cc1c(C(=O)N2CCN(c3ccc([N+](=O)[O-])cc3)CC2)oc2c1ccc1ccccc12. The Bertz CT molecular complexity index is 1300. The number of non-ortho nitro benzene ring substituents is 1. The predicted octanol–water partition coefficient (Wildman–Crippen LogP) is 4.77. The number of hydrogen-bond acceptors (Lipinski definition) is 5. The Morgan fingerprint density at radius 3 is 2.35 bits per heavy atom. The van der Waals surface area contributed by atoms with E-state index in [-0.39, 0.29) is 11.6 Å². The quantitative estimate of drug-likeness (QED) is 0.356. The van der Waals surface area contributed by atoms with E-state index >= 15 is 0 Å². The number of aryl methyl sites for hydroxylation is 1. The summed E-state index contributed by atoms with van der Waals surface area (Å²) in [5.74, 6) is 0.302. The first-order chi connectivity index (χ1) is 15.0. The normalized spacial score (nSPS) is 14.4. The van der Waals surface area contributed by atoms with Crippen LogP contribution in [0.4, 0.5) is 11.4 Å². The molecule has 0 atom stereocenters. The van der Waals surface area contributed by atoms with Gasteiger partial charge in [0.15, 0.2) is 5.76 Å². The van der Waals surface area contributed by atoms with E-state index in [0.717, 1.165) is 33.0 Å². The molecule has 1 saturated heterocycles. The number of amides is 1. The summed E-state index contributed by atoms with van der Waals surface area (Å²) in [6.07, 6.45) is 0. The zero-order chi connectivity index (χ0) is 21.5. The molecule has 1 aliphatic heterocycles. The number of benzene rings is 3. The minimum absolute atomic E-state index is 0.0745. The predicted molar refractivity (Wildman–Crippen MR) is 120 cm³/mol. The van der Waals surface area contributed by atoms with E-state index in [1.54, 1.807) is 12.1 Å². The van der Waals surface area contributed by atoms with Gasteiger partial charge in [0.2, 0.25) is 0 Å². The highest BCUT2D eigenvalue weighted by atomic mass is 16.6. The van der Waals surface area contributed by atoms with Gasteiger partial charge >= 0.3 is 0 Å². The average Bonchev–Trinajstić information content (AvgIpc) is 3.15. The first-order valence-corrected chi connectivity index (χ1v) is 10.2. The minimum Gasteiger partial charge on any atom is -0.450 e. The van der Waals surface area contributed by atoms with E-state index in [0.29, 0.717) is 31.9 Å². The summed E-state index contributed by atoms with van der Waals surface area (Å²) in [6, 6.07) is 18.6. The van der Waals surface area contributed by atoms with Crippen molar-refractivity contribution < 1.29 is 14.1 Å². The molecule has 3 aromatic carbocycles. The standard InChI is InChI=1S/C24H21N3O4/c1-16-20-11-6-17-4-2-3-5-21(17)23(20)31-22(16)24(28)26-14-12-25(13-15-26)18-7-9-19(10-8-18)27(29)30/h2-11H,12-15H2,1H3. The van der Waals surface area contributed by atoms with Gasteiger partial charge in [-0.2, -0.15) is 0 Å². The molecule has 156 valence electrons. The van der Waals surface area contributed by atoms with Gasteiger partial charge in [0, 0.05) is 60.3 Å². The summed E-state index contributed by atoms with van der Waals surface area (Å²) in [5.41, 5.74) is 2.61. The molecule has 1 fully saturated rings. The number of hydrogen-bond donors (Lipinski definition) is 0. The minimum atomic E-state index is -0.404. The molecular formula is C24H21N3O4. The third-order valence-corrected chi connectivity index (χ3v) is 6.02. The van der Waals surface area contributed by atoms with Crippen molar-refractivity contribution >= 4 is 39.0 Å². The second-order valence-corrected chi connectivity index (χ2v) is 7.77. The van der Waals surface area contributed by atoms with Crippen molar-refractivity contribution in [3.63, 3.8) is 0 Å². The number of furan rings is 1. The topological polar surface area (TPSA) is 79.8 Å². The van der Waals surface area contributed by atoms with Crippen LogP contribution in [0.1, 0.15) is 16.1 Å². The number of piperazine rings is 1. The number of carbonyl (C=O) groups excluding carboxylic acids is 1. The molecule has 7 heteroatoms. The van der Waals surface area contributed by atoms with Gasteiger partial charge in [-0.1, -0.05) is 36.4 Å². The molecule has 7 nitrogen and oxygen atoms in total. The molecule has 5 rings (SSSR count). The highest BCUT2D eigenvalue weighted by Crippen LogP contribution is 2.32. The van der Waals surface area contributed by atoms with Crippen molar-refractivity contribution in [2.75, 3.05) is 31.1 Å². The van der Waals surface area contributed by atoms with E-state index in [4.69, 9.17) is 4.42 Å². The highest BCUT2D eigenvalue weighted by Gasteiger charge is 2.27. The Hall–Kier alpha value is -3.87. The number of rotatable bonds is 3. The van der Waals surface area contributed by atoms with Gasteiger partial charge in [-0.3, -0.25) is 14.9 Å². The van der Waals surface area contributed by atoms with Gasteiger partial charge in [-0.25, -0.2) is 0 Å². The Morgan fingerprint density at radius 2 is 1.65 bits per heavy atom. The molecule has 0 bridgehead atoms. The number of fused-ring (bicyclic) bond motifs is 3. The second kappa shape index (κ2) is 7.43. The summed E-state index contributed by atoms with van der Waals surface area (Å²) in [6.45, 7) is 4.37. The Balaban J connectivity index is 1.35. The summed E-state index contributed by atoms with van der Waals surface area (Å²) in [4.78, 5) is 27.6. The Kier molecular flexibility index (Phi) is 4.58. The highest BCUT2D eigenvalue weighted by molar-refractivity contribution is 6.08. The molecule has 1 aliphatic rings. The smallest absolute Gasteiger partial charge is 0.290 e. The molecule has 31 heavy (non-hydrogen) atoms. The summed E-state index contributed by atoms with van der Waals surface area (Å²) in [7, 11) is 0.